The maximum atomic E-state index is 10.7. The first-order chi connectivity index (χ1) is 10.7. The third-order valence-electron chi connectivity index (χ3n) is 2.98. The number of ether oxygens (including phenoxy) is 1. The zero-order valence-corrected chi connectivity index (χ0v) is 12.8. The predicted octanol–water partition coefficient (Wildman–Crippen LogP) is 5.86. The third-order valence-corrected chi connectivity index (χ3v) is 3.51. The molecule has 22 heavy (non-hydrogen) atoms. The highest BCUT2D eigenvalue weighted by Crippen LogP contribution is 2.34. The fourth-order valence-corrected chi connectivity index (χ4v) is 2.37. The van der Waals surface area contributed by atoms with Gasteiger partial charge < -0.3 is 9.15 Å². The SMILES string of the molecule is O=Cc1ccc(-c2ccc(Oc3cccc(Cl)c3)c(Cl)c2)o1. The van der Waals surface area contributed by atoms with Crippen molar-refractivity contribution in [3.05, 3.63) is 70.4 Å². The molecule has 0 saturated carbocycles. The zero-order chi connectivity index (χ0) is 15.5. The molecule has 0 aliphatic heterocycles. The van der Waals surface area contributed by atoms with Gasteiger partial charge in [0.05, 0.1) is 5.02 Å². The van der Waals surface area contributed by atoms with Gasteiger partial charge in [-0.3, -0.25) is 4.79 Å². The zero-order valence-electron chi connectivity index (χ0n) is 11.3. The smallest absolute Gasteiger partial charge is 0.185 e. The van der Waals surface area contributed by atoms with E-state index in [1.807, 2.05) is 0 Å². The largest absolute Gasteiger partial charge is 0.456 e. The lowest BCUT2D eigenvalue weighted by Gasteiger charge is -2.08. The monoisotopic (exact) mass is 332 g/mol. The molecule has 0 amide bonds. The van der Waals surface area contributed by atoms with Crippen molar-refractivity contribution in [2.75, 3.05) is 0 Å². The minimum atomic E-state index is 0.269. The van der Waals surface area contributed by atoms with Gasteiger partial charge in [-0.2, -0.15) is 0 Å². The van der Waals surface area contributed by atoms with E-state index in [1.165, 1.54) is 0 Å². The summed E-state index contributed by atoms with van der Waals surface area (Å²) in [7, 11) is 0. The molecule has 0 radical (unpaired) electrons. The molecule has 3 rings (SSSR count). The van der Waals surface area contributed by atoms with Crippen molar-refractivity contribution in [3.8, 4) is 22.8 Å². The summed E-state index contributed by atoms with van der Waals surface area (Å²) in [4.78, 5) is 10.7. The Morgan fingerprint density at radius 3 is 2.55 bits per heavy atom. The van der Waals surface area contributed by atoms with Gasteiger partial charge in [0.25, 0.3) is 0 Å². The maximum absolute atomic E-state index is 10.7. The van der Waals surface area contributed by atoms with Crippen LogP contribution in [0.1, 0.15) is 10.6 Å². The molecule has 3 aromatic rings. The lowest BCUT2D eigenvalue weighted by molar-refractivity contribution is 0.110. The van der Waals surface area contributed by atoms with E-state index in [1.54, 1.807) is 54.6 Å². The summed E-state index contributed by atoms with van der Waals surface area (Å²) in [6.45, 7) is 0. The molecule has 0 atom stereocenters. The highest BCUT2D eigenvalue weighted by atomic mass is 35.5. The molecule has 0 aliphatic rings. The number of furan rings is 1. The molecule has 110 valence electrons. The number of hydrogen-bond acceptors (Lipinski definition) is 3. The van der Waals surface area contributed by atoms with Gasteiger partial charge in [-0.1, -0.05) is 29.3 Å². The minimum absolute atomic E-state index is 0.269. The summed E-state index contributed by atoms with van der Waals surface area (Å²) in [5, 5.41) is 1.02. The van der Waals surface area contributed by atoms with Crippen molar-refractivity contribution < 1.29 is 13.9 Å². The number of carbonyl (C=O) groups excluding carboxylic acids is 1. The van der Waals surface area contributed by atoms with Crippen molar-refractivity contribution >= 4 is 29.5 Å². The first-order valence-corrected chi connectivity index (χ1v) is 7.19. The highest BCUT2D eigenvalue weighted by molar-refractivity contribution is 6.32. The van der Waals surface area contributed by atoms with Gasteiger partial charge in [-0.25, -0.2) is 0 Å². The minimum Gasteiger partial charge on any atom is -0.456 e. The molecule has 2 aromatic carbocycles. The number of carbonyl (C=O) groups is 1. The highest BCUT2D eigenvalue weighted by Gasteiger charge is 2.09. The fraction of sp³-hybridized carbons (Fsp3) is 0. The molecule has 0 fully saturated rings. The average molecular weight is 333 g/mol. The van der Waals surface area contributed by atoms with Crippen molar-refractivity contribution in [1.29, 1.82) is 0 Å². The maximum Gasteiger partial charge on any atom is 0.185 e. The Balaban J connectivity index is 1.87. The normalized spacial score (nSPS) is 10.5. The van der Waals surface area contributed by atoms with Crippen LogP contribution in [0, 0.1) is 0 Å². The van der Waals surface area contributed by atoms with Gasteiger partial charge in [0.2, 0.25) is 0 Å². The summed E-state index contributed by atoms with van der Waals surface area (Å²) >= 11 is 12.2. The van der Waals surface area contributed by atoms with Crippen molar-refractivity contribution in [3.63, 3.8) is 0 Å². The Hall–Kier alpha value is -2.23. The average Bonchev–Trinajstić information content (AvgIpc) is 2.98. The van der Waals surface area contributed by atoms with Crippen molar-refractivity contribution in [2.24, 2.45) is 0 Å². The Labute approximate surface area is 137 Å². The summed E-state index contributed by atoms with van der Waals surface area (Å²) in [6, 6.07) is 15.6. The van der Waals surface area contributed by atoms with Gasteiger partial charge in [-0.05, 0) is 48.5 Å². The molecule has 3 nitrogen and oxygen atoms in total. The van der Waals surface area contributed by atoms with Gasteiger partial charge in [-0.15, -0.1) is 0 Å². The number of rotatable bonds is 4. The lowest BCUT2D eigenvalue weighted by atomic mass is 10.1. The number of benzene rings is 2. The quantitative estimate of drug-likeness (QED) is 0.562. The molecule has 0 N–H and O–H groups in total. The van der Waals surface area contributed by atoms with E-state index < -0.39 is 0 Å². The summed E-state index contributed by atoms with van der Waals surface area (Å²) in [5.74, 6) is 1.95. The Morgan fingerprint density at radius 2 is 1.86 bits per heavy atom. The van der Waals surface area contributed by atoms with Crippen LogP contribution in [0.15, 0.2) is 59.0 Å². The number of aldehydes is 1. The molecule has 1 aromatic heterocycles. The molecular formula is C17H10Cl2O3. The van der Waals surface area contributed by atoms with Gasteiger partial charge in [0, 0.05) is 10.6 Å². The van der Waals surface area contributed by atoms with Crippen LogP contribution >= 0.6 is 23.2 Å². The van der Waals surface area contributed by atoms with Gasteiger partial charge >= 0.3 is 0 Å². The first kappa shape index (κ1) is 14.7. The molecule has 0 aliphatic carbocycles. The topological polar surface area (TPSA) is 39.4 Å². The van der Waals surface area contributed by atoms with Crippen LogP contribution in [0.25, 0.3) is 11.3 Å². The molecule has 1 heterocycles. The second-order valence-electron chi connectivity index (χ2n) is 4.52. The lowest BCUT2D eigenvalue weighted by Crippen LogP contribution is -1.86. The van der Waals surface area contributed by atoms with Crippen molar-refractivity contribution in [2.45, 2.75) is 0 Å². The molecule has 0 saturated heterocycles. The van der Waals surface area contributed by atoms with E-state index in [0.717, 1.165) is 5.56 Å². The van der Waals surface area contributed by atoms with Crippen molar-refractivity contribution in [1.82, 2.24) is 0 Å². The molecule has 0 spiro atoms. The second-order valence-corrected chi connectivity index (χ2v) is 5.37. The summed E-state index contributed by atoms with van der Waals surface area (Å²) < 4.78 is 11.1. The van der Waals surface area contributed by atoms with Crippen LogP contribution in [-0.2, 0) is 0 Å². The van der Waals surface area contributed by atoms with Crippen LogP contribution in [0.4, 0.5) is 0 Å². The van der Waals surface area contributed by atoms with Gasteiger partial charge in [0.15, 0.2) is 12.0 Å². The fourth-order valence-electron chi connectivity index (χ4n) is 1.97. The Bertz CT molecular complexity index is 824. The molecule has 5 heteroatoms. The van der Waals surface area contributed by atoms with E-state index in [4.69, 9.17) is 32.4 Å². The number of halogens is 2. The van der Waals surface area contributed by atoms with Gasteiger partial charge in [0.1, 0.15) is 17.3 Å². The molecule has 0 unspecified atom stereocenters. The van der Waals surface area contributed by atoms with Crippen LogP contribution in [-0.4, -0.2) is 6.29 Å². The van der Waals surface area contributed by atoms with Crippen LogP contribution in [0.3, 0.4) is 0 Å². The van der Waals surface area contributed by atoms with Crippen LogP contribution in [0.5, 0.6) is 11.5 Å². The summed E-state index contributed by atoms with van der Waals surface area (Å²) in [6.07, 6.45) is 0.654. The first-order valence-electron chi connectivity index (χ1n) is 6.44. The van der Waals surface area contributed by atoms with Crippen LogP contribution in [0.2, 0.25) is 10.0 Å². The van der Waals surface area contributed by atoms with E-state index >= 15 is 0 Å². The number of hydrogen-bond donors (Lipinski definition) is 0. The summed E-state index contributed by atoms with van der Waals surface area (Å²) in [5.41, 5.74) is 0.761. The van der Waals surface area contributed by atoms with E-state index in [9.17, 15) is 4.79 Å². The molecular weight excluding hydrogens is 323 g/mol. The standard InChI is InChI=1S/C17H10Cl2O3/c18-12-2-1-3-13(9-12)21-17-6-4-11(8-15(17)19)16-7-5-14(10-20)22-16/h1-10H. The Morgan fingerprint density at radius 1 is 1.00 bits per heavy atom. The predicted molar refractivity (Wildman–Crippen MR) is 86.1 cm³/mol. The van der Waals surface area contributed by atoms with E-state index in [2.05, 4.69) is 0 Å². The second kappa shape index (κ2) is 6.26. The van der Waals surface area contributed by atoms with E-state index in [-0.39, 0.29) is 5.76 Å². The van der Waals surface area contributed by atoms with E-state index in [0.29, 0.717) is 33.6 Å². The Kier molecular flexibility index (Phi) is 4.18. The van der Waals surface area contributed by atoms with Crippen LogP contribution < -0.4 is 4.74 Å². The molecule has 0 bridgehead atoms. The third kappa shape index (κ3) is 3.16.